The van der Waals surface area contributed by atoms with Crippen LogP contribution >= 0.6 is 12.0 Å². The maximum absolute atomic E-state index is 11.7. The molecule has 1 aliphatic rings. The van der Waals surface area contributed by atoms with Gasteiger partial charge in [0.2, 0.25) is 0 Å². The van der Waals surface area contributed by atoms with Gasteiger partial charge in [0.1, 0.15) is 0 Å². The van der Waals surface area contributed by atoms with Crippen molar-refractivity contribution < 1.29 is 27.6 Å². The molecule has 0 fully saturated rings. The lowest BCUT2D eigenvalue weighted by molar-refractivity contribution is -0.432. The van der Waals surface area contributed by atoms with Crippen LogP contribution in [0.25, 0.3) is 0 Å². The second kappa shape index (κ2) is 18.7. The van der Waals surface area contributed by atoms with Crippen LogP contribution in [0.1, 0.15) is 55.9 Å². The molecule has 11 heteroatoms. The SMILES string of the molecule is CCN(CC)c1ccc(C(c2ccc(N(CC)Cc3cccc(SOOO)c3)cc2)C2C=CC(N(CC)Cc3cccc(S(=O)(=O)O)c3)C=C2)cc1. The maximum atomic E-state index is 11.7. The lowest BCUT2D eigenvalue weighted by atomic mass is 9.78. The minimum Gasteiger partial charge on any atom is -0.372 e. The lowest BCUT2D eigenvalue weighted by Gasteiger charge is -2.32. The number of benzene rings is 4. The molecule has 0 spiro atoms. The van der Waals surface area contributed by atoms with Gasteiger partial charge in [0.25, 0.3) is 10.1 Å². The van der Waals surface area contributed by atoms with E-state index >= 15 is 0 Å². The number of likely N-dealkylation sites (N-methyl/N-ethyl adjacent to an activating group) is 1. The third-order valence-corrected chi connectivity index (χ3v) is 11.1. The van der Waals surface area contributed by atoms with Crippen molar-refractivity contribution in [2.45, 2.75) is 62.5 Å². The summed E-state index contributed by atoms with van der Waals surface area (Å²) in [5, 5.41) is 12.3. The fraction of sp³-hybridized carbons (Fsp3) is 0.317. The Hall–Kier alpha value is -3.94. The minimum absolute atomic E-state index is 0.0430. The van der Waals surface area contributed by atoms with Crippen LogP contribution in [0.15, 0.2) is 131 Å². The van der Waals surface area contributed by atoms with E-state index in [0.717, 1.165) is 59.9 Å². The van der Waals surface area contributed by atoms with E-state index in [1.807, 2.05) is 24.3 Å². The Kier molecular flexibility index (Phi) is 14.1. The summed E-state index contributed by atoms with van der Waals surface area (Å²) in [5.74, 6) is 0.211. The Balaban J connectivity index is 1.39. The Morgan fingerprint density at radius 1 is 0.692 bits per heavy atom. The first-order valence-electron chi connectivity index (χ1n) is 17.8. The van der Waals surface area contributed by atoms with Gasteiger partial charge in [-0.25, -0.2) is 5.26 Å². The first-order valence-corrected chi connectivity index (χ1v) is 20.0. The molecule has 1 atom stereocenters. The highest BCUT2D eigenvalue weighted by molar-refractivity contribution is 7.94. The van der Waals surface area contributed by atoms with E-state index in [9.17, 15) is 13.0 Å². The number of anilines is 2. The van der Waals surface area contributed by atoms with Crippen molar-refractivity contribution in [2.24, 2.45) is 5.92 Å². The summed E-state index contributed by atoms with van der Waals surface area (Å²) in [6.07, 6.45) is 9.09. The standard InChI is InChI=1S/C41H49N3O6S2/c1-5-42(6-2)36-21-15-33(16-22-36)41(34-17-23-37(24-18-34)43(7-3)29-31-11-9-13-39(27-31)51-50-49-45)35-19-25-38(26-20-35)44(8-4)30-32-12-10-14-40(28-32)52(46,47)48/h9-28,35,38,41,45H,5-8,29-30H2,1-4H3,(H,46,47,48). The zero-order valence-corrected chi connectivity index (χ0v) is 31.8. The van der Waals surface area contributed by atoms with Crippen LogP contribution in [-0.4, -0.2) is 55.3 Å². The molecule has 0 aromatic heterocycles. The molecule has 0 radical (unpaired) electrons. The van der Waals surface area contributed by atoms with Gasteiger partial charge in [0, 0.05) is 66.9 Å². The molecule has 4 aromatic rings. The van der Waals surface area contributed by atoms with Gasteiger partial charge in [-0.1, -0.05) is 84.8 Å². The van der Waals surface area contributed by atoms with Crippen molar-refractivity contribution in [3.63, 3.8) is 0 Å². The number of hydrogen-bond acceptors (Lipinski definition) is 9. The van der Waals surface area contributed by atoms with E-state index < -0.39 is 10.1 Å². The molecule has 0 saturated carbocycles. The molecule has 0 bridgehead atoms. The van der Waals surface area contributed by atoms with Crippen molar-refractivity contribution in [2.75, 3.05) is 36.0 Å². The fourth-order valence-corrected chi connectivity index (χ4v) is 7.91. The Bertz CT molecular complexity index is 1880. The maximum Gasteiger partial charge on any atom is 0.294 e. The largest absolute Gasteiger partial charge is 0.372 e. The highest BCUT2D eigenvalue weighted by Crippen LogP contribution is 2.38. The first-order chi connectivity index (χ1) is 25.2. The second-order valence-electron chi connectivity index (χ2n) is 12.7. The summed E-state index contributed by atoms with van der Waals surface area (Å²) < 4.78 is 37.7. The third-order valence-electron chi connectivity index (χ3n) is 9.67. The summed E-state index contributed by atoms with van der Waals surface area (Å²) in [6, 6.07) is 32.4. The normalized spacial score (nSPS) is 16.3. The van der Waals surface area contributed by atoms with Crippen LogP contribution in [0.2, 0.25) is 0 Å². The Morgan fingerprint density at radius 3 is 1.79 bits per heavy atom. The van der Waals surface area contributed by atoms with Crippen molar-refractivity contribution >= 4 is 33.5 Å². The van der Waals surface area contributed by atoms with Gasteiger partial charge in [0.15, 0.2) is 0 Å². The molecule has 2 N–H and O–H groups in total. The molecule has 9 nitrogen and oxygen atoms in total. The van der Waals surface area contributed by atoms with E-state index in [2.05, 4.69) is 131 Å². The molecule has 4 aromatic carbocycles. The lowest BCUT2D eigenvalue weighted by Crippen LogP contribution is -2.33. The molecule has 0 heterocycles. The van der Waals surface area contributed by atoms with Gasteiger partial charge in [-0.2, -0.15) is 8.42 Å². The van der Waals surface area contributed by atoms with Crippen LogP contribution in [0.3, 0.4) is 0 Å². The summed E-state index contributed by atoms with van der Waals surface area (Å²) >= 11 is 0.955. The van der Waals surface area contributed by atoms with Gasteiger partial charge in [-0.05, 0) is 98.1 Å². The van der Waals surface area contributed by atoms with E-state index in [4.69, 9.17) is 5.26 Å². The van der Waals surface area contributed by atoms with Gasteiger partial charge in [-0.3, -0.25) is 9.45 Å². The predicted octanol–water partition coefficient (Wildman–Crippen LogP) is 9.00. The van der Waals surface area contributed by atoms with E-state index in [1.165, 1.54) is 28.9 Å². The van der Waals surface area contributed by atoms with Crippen molar-refractivity contribution in [1.82, 2.24) is 4.90 Å². The van der Waals surface area contributed by atoms with Crippen LogP contribution in [-0.2, 0) is 32.6 Å². The summed E-state index contributed by atoms with van der Waals surface area (Å²) in [4.78, 5) is 7.69. The molecule has 0 aliphatic heterocycles. The number of allylic oxidation sites excluding steroid dienone is 2. The van der Waals surface area contributed by atoms with Crippen LogP contribution in [0.5, 0.6) is 0 Å². The smallest absolute Gasteiger partial charge is 0.294 e. The molecule has 1 aliphatic carbocycles. The molecular weight excluding hydrogens is 695 g/mol. The second-order valence-corrected chi connectivity index (χ2v) is 14.9. The molecule has 0 amide bonds. The fourth-order valence-electron chi connectivity index (χ4n) is 6.91. The number of rotatable bonds is 18. The van der Waals surface area contributed by atoms with E-state index in [-0.39, 0.29) is 22.8 Å². The highest BCUT2D eigenvalue weighted by atomic mass is 32.2. The van der Waals surface area contributed by atoms with Gasteiger partial charge >= 0.3 is 0 Å². The van der Waals surface area contributed by atoms with Crippen molar-refractivity contribution in [3.8, 4) is 0 Å². The topological polar surface area (TPSA) is 103 Å². The first kappa shape index (κ1) is 39.3. The molecular formula is C41H49N3O6S2. The molecule has 5 rings (SSSR count). The minimum atomic E-state index is -4.27. The zero-order valence-electron chi connectivity index (χ0n) is 30.2. The van der Waals surface area contributed by atoms with Crippen LogP contribution in [0, 0.1) is 5.92 Å². The average Bonchev–Trinajstić information content (AvgIpc) is 3.17. The number of hydrogen-bond donors (Lipinski definition) is 2. The highest BCUT2D eigenvalue weighted by Gasteiger charge is 2.26. The van der Waals surface area contributed by atoms with Crippen molar-refractivity contribution in [1.29, 1.82) is 0 Å². The average molecular weight is 744 g/mol. The van der Waals surface area contributed by atoms with E-state index in [1.54, 1.807) is 6.07 Å². The molecule has 0 saturated heterocycles. The Labute approximate surface area is 313 Å². The monoisotopic (exact) mass is 743 g/mol. The Morgan fingerprint density at radius 2 is 1.25 bits per heavy atom. The molecule has 276 valence electrons. The van der Waals surface area contributed by atoms with Gasteiger partial charge in [-0.15, -0.1) is 4.33 Å². The van der Waals surface area contributed by atoms with Crippen molar-refractivity contribution in [3.05, 3.63) is 144 Å². The predicted molar refractivity (Wildman–Crippen MR) is 210 cm³/mol. The van der Waals surface area contributed by atoms with Crippen LogP contribution in [0.4, 0.5) is 11.4 Å². The summed E-state index contributed by atoms with van der Waals surface area (Å²) in [6.45, 7) is 13.3. The van der Waals surface area contributed by atoms with Crippen LogP contribution < -0.4 is 9.80 Å². The van der Waals surface area contributed by atoms with Gasteiger partial charge in [0.05, 0.1) is 16.9 Å². The van der Waals surface area contributed by atoms with Gasteiger partial charge < -0.3 is 9.80 Å². The zero-order chi connectivity index (χ0) is 37.1. The molecule has 52 heavy (non-hydrogen) atoms. The summed E-state index contributed by atoms with van der Waals surface area (Å²) in [5.41, 5.74) is 6.74. The molecule has 1 unspecified atom stereocenters. The third kappa shape index (κ3) is 10.1. The van der Waals surface area contributed by atoms with E-state index in [0.29, 0.717) is 13.1 Å². The summed E-state index contributed by atoms with van der Waals surface area (Å²) in [7, 11) is -4.27. The number of nitrogens with zero attached hydrogens (tertiary/aromatic N) is 3. The quantitative estimate of drug-likeness (QED) is 0.0338.